The van der Waals surface area contributed by atoms with Gasteiger partial charge in [0.05, 0.1) is 11.6 Å². The summed E-state index contributed by atoms with van der Waals surface area (Å²) in [5.41, 5.74) is 0. The third kappa shape index (κ3) is 3.16. The van der Waals surface area contributed by atoms with E-state index in [1.165, 1.54) is 4.88 Å². The highest BCUT2D eigenvalue weighted by molar-refractivity contribution is 7.11. The molecule has 2 N–H and O–H groups in total. The molecule has 96 valence electrons. The van der Waals surface area contributed by atoms with Crippen molar-refractivity contribution in [1.82, 2.24) is 15.0 Å². The van der Waals surface area contributed by atoms with Crippen LogP contribution < -0.4 is 10.6 Å². The van der Waals surface area contributed by atoms with E-state index in [4.69, 9.17) is 0 Å². The molecule has 2 heterocycles. The molecule has 0 aliphatic rings. The summed E-state index contributed by atoms with van der Waals surface area (Å²) in [6.45, 7) is 4.80. The Morgan fingerprint density at radius 3 is 2.67 bits per heavy atom. The molecule has 0 aliphatic carbocycles. The fourth-order valence-corrected chi connectivity index (χ4v) is 2.27. The van der Waals surface area contributed by atoms with Gasteiger partial charge >= 0.3 is 0 Å². The molecule has 0 saturated heterocycles. The summed E-state index contributed by atoms with van der Waals surface area (Å²) in [5, 5.41) is 7.43. The first-order valence-corrected chi connectivity index (χ1v) is 6.73. The molecule has 18 heavy (non-hydrogen) atoms. The van der Waals surface area contributed by atoms with Gasteiger partial charge in [-0.15, -0.1) is 11.3 Å². The fraction of sp³-hybridized carbons (Fsp3) is 0.417. The molecule has 2 aromatic heterocycles. The van der Waals surface area contributed by atoms with Crippen molar-refractivity contribution in [3.8, 4) is 0 Å². The van der Waals surface area contributed by atoms with Crippen molar-refractivity contribution in [3.05, 3.63) is 28.0 Å². The van der Waals surface area contributed by atoms with Crippen LogP contribution in [0, 0.1) is 6.92 Å². The molecule has 0 unspecified atom stereocenters. The molecule has 0 aliphatic heterocycles. The molecule has 0 saturated carbocycles. The highest BCUT2D eigenvalue weighted by Gasteiger charge is 2.03. The van der Waals surface area contributed by atoms with Gasteiger partial charge in [-0.2, -0.15) is 0 Å². The largest absolute Gasteiger partial charge is 0.373 e. The summed E-state index contributed by atoms with van der Waals surface area (Å²) in [4.78, 5) is 14.2. The zero-order chi connectivity index (χ0) is 13.0. The molecule has 0 amide bonds. The van der Waals surface area contributed by atoms with Gasteiger partial charge in [-0.05, 0) is 6.92 Å². The zero-order valence-electron chi connectivity index (χ0n) is 10.8. The molecule has 2 aromatic rings. The lowest BCUT2D eigenvalue weighted by Crippen LogP contribution is -2.05. The lowest BCUT2D eigenvalue weighted by atomic mass is 10.4. The predicted molar refractivity (Wildman–Crippen MR) is 75.1 cm³/mol. The second kappa shape index (κ2) is 5.77. The minimum atomic E-state index is 0.745. The molecular formula is C12H17N5S. The number of aryl methyl sites for hydroxylation is 2. The number of hydrogen-bond donors (Lipinski definition) is 2. The Bertz CT molecular complexity index is 501. The number of anilines is 2. The first-order valence-electron chi connectivity index (χ1n) is 5.92. The van der Waals surface area contributed by atoms with Gasteiger partial charge in [0.1, 0.15) is 17.5 Å². The molecule has 0 fully saturated rings. The maximum Gasteiger partial charge on any atom is 0.132 e. The van der Waals surface area contributed by atoms with Gasteiger partial charge in [0.15, 0.2) is 0 Å². The van der Waals surface area contributed by atoms with Crippen molar-refractivity contribution in [2.45, 2.75) is 26.8 Å². The molecule has 0 atom stereocenters. The smallest absolute Gasteiger partial charge is 0.132 e. The number of thiazole rings is 1. The lowest BCUT2D eigenvalue weighted by molar-refractivity contribution is 0.935. The Morgan fingerprint density at radius 1 is 1.28 bits per heavy atom. The molecular weight excluding hydrogens is 246 g/mol. The van der Waals surface area contributed by atoms with Crippen LogP contribution in [0.2, 0.25) is 0 Å². The summed E-state index contributed by atoms with van der Waals surface area (Å²) >= 11 is 1.69. The normalized spacial score (nSPS) is 10.4. The van der Waals surface area contributed by atoms with Crippen molar-refractivity contribution in [2.24, 2.45) is 0 Å². The number of aromatic nitrogens is 3. The molecule has 0 aromatic carbocycles. The van der Waals surface area contributed by atoms with Gasteiger partial charge in [-0.25, -0.2) is 15.0 Å². The summed E-state index contributed by atoms with van der Waals surface area (Å²) in [6, 6.07) is 1.91. The Labute approximate surface area is 111 Å². The van der Waals surface area contributed by atoms with Crippen molar-refractivity contribution in [3.63, 3.8) is 0 Å². The van der Waals surface area contributed by atoms with Crippen LogP contribution in [0.15, 0.2) is 12.3 Å². The van der Waals surface area contributed by atoms with Gasteiger partial charge in [0.2, 0.25) is 0 Å². The van der Waals surface area contributed by atoms with Crippen molar-refractivity contribution < 1.29 is 0 Å². The van der Waals surface area contributed by atoms with Gasteiger partial charge < -0.3 is 10.6 Å². The Balaban J connectivity index is 2.08. The van der Waals surface area contributed by atoms with Gasteiger partial charge in [0.25, 0.3) is 0 Å². The van der Waals surface area contributed by atoms with E-state index in [1.54, 1.807) is 11.3 Å². The average Bonchev–Trinajstić information content (AvgIpc) is 2.81. The third-order valence-corrected chi connectivity index (χ3v) is 3.37. The third-order valence-electron chi connectivity index (χ3n) is 2.46. The van der Waals surface area contributed by atoms with Crippen LogP contribution in [0.5, 0.6) is 0 Å². The second-order valence-electron chi connectivity index (χ2n) is 3.86. The highest BCUT2D eigenvalue weighted by Crippen LogP contribution is 2.15. The topological polar surface area (TPSA) is 62.7 Å². The van der Waals surface area contributed by atoms with E-state index in [0.717, 1.165) is 35.4 Å². The minimum Gasteiger partial charge on any atom is -0.373 e. The van der Waals surface area contributed by atoms with Crippen molar-refractivity contribution in [1.29, 1.82) is 0 Å². The summed E-state index contributed by atoms with van der Waals surface area (Å²) in [6.07, 6.45) is 2.72. The van der Waals surface area contributed by atoms with Gasteiger partial charge in [-0.1, -0.05) is 6.92 Å². The van der Waals surface area contributed by atoms with E-state index in [0.29, 0.717) is 0 Å². The summed E-state index contributed by atoms with van der Waals surface area (Å²) < 4.78 is 0. The van der Waals surface area contributed by atoms with Gasteiger partial charge in [0, 0.05) is 30.6 Å². The number of nitrogens with zero attached hydrogens (tertiary/aromatic N) is 3. The molecule has 6 heteroatoms. The van der Waals surface area contributed by atoms with Crippen LogP contribution in [-0.4, -0.2) is 22.0 Å². The van der Waals surface area contributed by atoms with Crippen LogP contribution in [-0.2, 0) is 13.0 Å². The van der Waals surface area contributed by atoms with Crippen LogP contribution in [0.1, 0.15) is 22.6 Å². The lowest BCUT2D eigenvalue weighted by Gasteiger charge is -2.08. The number of hydrogen-bond acceptors (Lipinski definition) is 6. The van der Waals surface area contributed by atoms with E-state index >= 15 is 0 Å². The predicted octanol–water partition coefficient (Wildman–Crippen LogP) is 2.46. The number of nitrogens with one attached hydrogen (secondary N) is 2. The zero-order valence-corrected chi connectivity index (χ0v) is 11.6. The fourth-order valence-electron chi connectivity index (χ4n) is 1.54. The van der Waals surface area contributed by atoms with Crippen LogP contribution >= 0.6 is 11.3 Å². The maximum atomic E-state index is 4.44. The first-order chi connectivity index (χ1) is 8.71. The maximum absolute atomic E-state index is 4.44. The standard InChI is InChI=1S/C12H17N5S/c1-4-10-16-11(13-3)5-12(17-10)15-7-9-6-14-8(2)18-9/h5-6H,4,7H2,1-3H3,(H2,13,15,16,17). The minimum absolute atomic E-state index is 0.745. The Morgan fingerprint density at radius 2 is 2.06 bits per heavy atom. The molecule has 0 spiro atoms. The quantitative estimate of drug-likeness (QED) is 0.867. The molecule has 0 radical (unpaired) electrons. The number of rotatable bonds is 5. The Kier molecular flexibility index (Phi) is 4.09. The second-order valence-corrected chi connectivity index (χ2v) is 5.18. The highest BCUT2D eigenvalue weighted by atomic mass is 32.1. The van der Waals surface area contributed by atoms with E-state index in [1.807, 2.05) is 33.2 Å². The van der Waals surface area contributed by atoms with E-state index in [9.17, 15) is 0 Å². The van der Waals surface area contributed by atoms with E-state index in [2.05, 4.69) is 25.6 Å². The average molecular weight is 263 g/mol. The molecule has 5 nitrogen and oxygen atoms in total. The van der Waals surface area contributed by atoms with Crippen molar-refractivity contribution in [2.75, 3.05) is 17.7 Å². The van der Waals surface area contributed by atoms with Crippen LogP contribution in [0.3, 0.4) is 0 Å². The Hall–Kier alpha value is -1.69. The summed E-state index contributed by atoms with van der Waals surface area (Å²) in [7, 11) is 1.86. The van der Waals surface area contributed by atoms with E-state index in [-0.39, 0.29) is 0 Å². The molecule has 0 bridgehead atoms. The van der Waals surface area contributed by atoms with Crippen LogP contribution in [0.4, 0.5) is 11.6 Å². The van der Waals surface area contributed by atoms with Crippen LogP contribution in [0.25, 0.3) is 0 Å². The summed E-state index contributed by atoms with van der Waals surface area (Å²) in [5.74, 6) is 2.52. The monoisotopic (exact) mass is 263 g/mol. The molecule has 2 rings (SSSR count). The SMILES string of the molecule is CCc1nc(NC)cc(NCc2cnc(C)s2)n1. The van der Waals surface area contributed by atoms with E-state index < -0.39 is 0 Å². The van der Waals surface area contributed by atoms with Crippen molar-refractivity contribution >= 4 is 23.0 Å². The van der Waals surface area contributed by atoms with Gasteiger partial charge in [-0.3, -0.25) is 0 Å². The first kappa shape index (κ1) is 12.8.